The van der Waals surface area contributed by atoms with Gasteiger partial charge in [0.05, 0.1) is 0 Å². The van der Waals surface area contributed by atoms with Crippen molar-refractivity contribution in [3.63, 3.8) is 0 Å². The summed E-state index contributed by atoms with van der Waals surface area (Å²) in [5.41, 5.74) is 0. The van der Waals surface area contributed by atoms with E-state index in [9.17, 15) is 8.42 Å². The molecule has 8 heavy (non-hydrogen) atoms. The quantitative estimate of drug-likeness (QED) is 0.457. The van der Waals surface area contributed by atoms with Crippen LogP contribution in [0.5, 0.6) is 0 Å². The fraction of sp³-hybridized carbons (Fsp3) is 0.333. The largest absolute Gasteiger partial charge is 0.362 e. The first-order valence-corrected chi connectivity index (χ1v) is 3.43. The summed E-state index contributed by atoms with van der Waals surface area (Å²) in [6, 6.07) is 0. The molecule has 0 bridgehead atoms. The third kappa shape index (κ3) is 1.13. The minimum absolute atomic E-state index is 0.513. The summed E-state index contributed by atoms with van der Waals surface area (Å²) in [5.74, 6) is 0. The van der Waals surface area contributed by atoms with Crippen molar-refractivity contribution in [1.82, 2.24) is 0 Å². The molecule has 0 aromatic rings. The molecule has 0 saturated heterocycles. The van der Waals surface area contributed by atoms with E-state index in [1.807, 2.05) is 0 Å². The van der Waals surface area contributed by atoms with Crippen LogP contribution in [0.25, 0.3) is 0 Å². The Morgan fingerprint density at radius 3 is 2.00 bits per heavy atom. The molecule has 1 rings (SSSR count). The van der Waals surface area contributed by atoms with Crippen molar-refractivity contribution in [3.05, 3.63) is 0 Å². The highest BCUT2D eigenvalue weighted by molar-refractivity contribution is 7.89. The number of hydrogen-bond acceptors (Lipinski definition) is 2. The molecule has 0 aliphatic carbocycles. The smallest absolute Gasteiger partial charge is 0.179 e. The van der Waals surface area contributed by atoms with Gasteiger partial charge in [-0.2, -0.15) is 17.2 Å². The van der Waals surface area contributed by atoms with E-state index >= 15 is 0 Å². The van der Waals surface area contributed by atoms with E-state index in [4.69, 9.17) is 0 Å². The van der Waals surface area contributed by atoms with Gasteiger partial charge in [-0.1, -0.05) is 0 Å². The normalized spacial score (nSPS) is 23.5. The highest BCUT2D eigenvalue weighted by atomic mass is 32.2. The lowest BCUT2D eigenvalue weighted by Crippen LogP contribution is -1.97. The Morgan fingerprint density at radius 1 is 1.25 bits per heavy atom. The summed E-state index contributed by atoms with van der Waals surface area (Å²) in [6.07, 6.45) is 3.13. The minimum Gasteiger partial charge on any atom is -0.179 e. The van der Waals surface area contributed by atoms with Gasteiger partial charge in [-0.05, 0) is 0 Å². The van der Waals surface area contributed by atoms with Gasteiger partial charge in [0.25, 0.3) is 0 Å². The minimum atomic E-state index is -3.44. The molecule has 0 spiro atoms. The monoisotopic (exact) mass is 132 g/mol. The van der Waals surface area contributed by atoms with Gasteiger partial charge in [0.1, 0.15) is 0 Å². The van der Waals surface area contributed by atoms with Gasteiger partial charge in [-0.15, -0.1) is 0 Å². The number of hydrogen-bond donors (Lipinski definition) is 0. The van der Waals surface area contributed by atoms with Crippen LogP contribution in [0.3, 0.4) is 0 Å². The van der Waals surface area contributed by atoms with Crippen LogP contribution >= 0.6 is 0 Å². The zero-order chi connectivity index (χ0) is 6.04. The van der Waals surface area contributed by atoms with E-state index in [2.05, 4.69) is 8.80 Å². The second kappa shape index (κ2) is 1.66. The maximum absolute atomic E-state index is 10.3. The summed E-state index contributed by atoms with van der Waals surface area (Å²) in [4.78, 5) is 0. The molecular formula is C3H4N2O2S. The molecule has 0 fully saturated rings. The van der Waals surface area contributed by atoms with E-state index in [1.165, 1.54) is 12.4 Å². The molecule has 0 amide bonds. The van der Waals surface area contributed by atoms with E-state index in [-0.39, 0.29) is 0 Å². The first-order chi connectivity index (χ1) is 3.71. The second-order valence-corrected chi connectivity index (χ2v) is 2.58. The van der Waals surface area contributed by atoms with Gasteiger partial charge >= 0.3 is 10.2 Å². The molecule has 5 heteroatoms. The zero-order valence-electron chi connectivity index (χ0n) is 3.98. The Bertz CT molecular complexity index is 208. The van der Waals surface area contributed by atoms with E-state index in [0.717, 1.165) is 0 Å². The molecule has 0 saturated carbocycles. The Hall–Kier alpha value is -0.710. The second-order valence-electron chi connectivity index (χ2n) is 1.26. The van der Waals surface area contributed by atoms with E-state index in [1.54, 1.807) is 0 Å². The first kappa shape index (κ1) is 5.43. The van der Waals surface area contributed by atoms with Crippen LogP contribution in [-0.2, 0) is 10.2 Å². The van der Waals surface area contributed by atoms with Crippen LogP contribution in [0.2, 0.25) is 0 Å². The van der Waals surface area contributed by atoms with Crippen molar-refractivity contribution >= 4 is 22.6 Å². The Labute approximate surface area is 47.2 Å². The van der Waals surface area contributed by atoms with Gasteiger partial charge in [0.15, 0.2) is 0 Å². The molecule has 4 nitrogen and oxygen atoms in total. The van der Waals surface area contributed by atoms with E-state index in [0.29, 0.717) is 6.42 Å². The first-order valence-electron chi connectivity index (χ1n) is 2.03. The molecule has 1 aliphatic rings. The summed E-state index contributed by atoms with van der Waals surface area (Å²) in [6.45, 7) is 0. The van der Waals surface area contributed by atoms with Crippen molar-refractivity contribution in [2.24, 2.45) is 8.80 Å². The molecule has 0 aromatic carbocycles. The zero-order valence-corrected chi connectivity index (χ0v) is 4.80. The SMILES string of the molecule is O=S1(=O)N=CCC=N1. The third-order valence-electron chi connectivity index (χ3n) is 0.626. The lowest BCUT2D eigenvalue weighted by molar-refractivity contribution is 0.600. The fourth-order valence-electron chi connectivity index (χ4n) is 0.349. The molecule has 0 radical (unpaired) electrons. The number of rotatable bonds is 0. The molecular weight excluding hydrogens is 128 g/mol. The maximum atomic E-state index is 10.3. The molecule has 44 valence electrons. The van der Waals surface area contributed by atoms with Crippen molar-refractivity contribution in [2.45, 2.75) is 6.42 Å². The van der Waals surface area contributed by atoms with E-state index < -0.39 is 10.2 Å². The van der Waals surface area contributed by atoms with Gasteiger partial charge in [0, 0.05) is 18.9 Å². The molecule has 0 aromatic heterocycles. The molecule has 1 heterocycles. The van der Waals surface area contributed by atoms with Crippen molar-refractivity contribution in [2.75, 3.05) is 0 Å². The highest BCUT2D eigenvalue weighted by Gasteiger charge is 2.02. The van der Waals surface area contributed by atoms with Gasteiger partial charge < -0.3 is 0 Å². The predicted molar refractivity (Wildman–Crippen MR) is 30.5 cm³/mol. The van der Waals surface area contributed by atoms with Crippen LogP contribution in [0.1, 0.15) is 6.42 Å². The topological polar surface area (TPSA) is 58.9 Å². The van der Waals surface area contributed by atoms with Gasteiger partial charge in [-0.3, -0.25) is 0 Å². The summed E-state index contributed by atoms with van der Waals surface area (Å²) < 4.78 is 26.7. The maximum Gasteiger partial charge on any atom is 0.362 e. The van der Waals surface area contributed by atoms with Crippen molar-refractivity contribution in [1.29, 1.82) is 0 Å². The van der Waals surface area contributed by atoms with Crippen LogP contribution in [0, 0.1) is 0 Å². The van der Waals surface area contributed by atoms with Crippen LogP contribution in [0.15, 0.2) is 8.80 Å². The van der Waals surface area contributed by atoms with Gasteiger partial charge in [0.2, 0.25) is 0 Å². The van der Waals surface area contributed by atoms with Gasteiger partial charge in [-0.25, -0.2) is 0 Å². The van der Waals surface area contributed by atoms with Crippen LogP contribution < -0.4 is 0 Å². The standard InChI is InChI=1S/C3H4N2O2S/c6-8(7)4-2-1-3-5-8/h2-3H,1H2. The Balaban J connectivity index is 3.03. The van der Waals surface area contributed by atoms with Crippen LogP contribution in [-0.4, -0.2) is 20.8 Å². The molecule has 0 unspecified atom stereocenters. The lowest BCUT2D eigenvalue weighted by atomic mass is 10.5. The number of nitrogens with zero attached hydrogens (tertiary/aromatic N) is 2. The summed E-state index contributed by atoms with van der Waals surface area (Å²) in [7, 11) is -3.44. The Kier molecular flexibility index (Phi) is 1.13. The molecule has 1 aliphatic heterocycles. The molecule has 0 N–H and O–H groups in total. The highest BCUT2D eigenvalue weighted by Crippen LogP contribution is 1.95. The average molecular weight is 132 g/mol. The Morgan fingerprint density at radius 2 is 1.75 bits per heavy atom. The summed E-state index contributed by atoms with van der Waals surface area (Å²) >= 11 is 0. The van der Waals surface area contributed by atoms with Crippen molar-refractivity contribution in [3.8, 4) is 0 Å². The van der Waals surface area contributed by atoms with Crippen molar-refractivity contribution < 1.29 is 8.42 Å². The average Bonchev–Trinajstić information content (AvgIpc) is 1.65. The third-order valence-corrected chi connectivity index (χ3v) is 1.46. The predicted octanol–water partition coefficient (Wildman–Crippen LogP) is -0.223. The fourth-order valence-corrected chi connectivity index (χ4v) is 0.952. The summed E-state index contributed by atoms with van der Waals surface area (Å²) in [5, 5.41) is 0. The molecule has 0 atom stereocenters. The lowest BCUT2D eigenvalue weighted by Gasteiger charge is -1.90. The van der Waals surface area contributed by atoms with Crippen LogP contribution in [0.4, 0.5) is 0 Å².